The number of piperidine rings is 1. The molecule has 1 fully saturated rings. The molecule has 0 amide bonds. The number of aliphatic hydroxyl groups excluding tert-OH is 1. The van der Waals surface area contributed by atoms with Crippen LogP contribution in [-0.2, 0) is 0 Å². The summed E-state index contributed by atoms with van der Waals surface area (Å²) in [5, 5.41) is 18.2. The maximum atomic E-state index is 9.15. The third kappa shape index (κ3) is 4.48. The highest BCUT2D eigenvalue weighted by atomic mass is 16.3. The van der Waals surface area contributed by atoms with Crippen molar-refractivity contribution in [3.05, 3.63) is 0 Å². The van der Waals surface area contributed by atoms with Crippen LogP contribution in [0.1, 0.15) is 12.8 Å². The van der Waals surface area contributed by atoms with E-state index in [1.807, 2.05) is 14.1 Å². The van der Waals surface area contributed by atoms with E-state index in [-0.39, 0.29) is 12.5 Å². The topological polar surface area (TPSA) is 50.5 Å². The van der Waals surface area contributed by atoms with E-state index in [1.54, 1.807) is 0 Å². The molecule has 4 nitrogen and oxygen atoms in total. The molecule has 0 aromatic carbocycles. The van der Waals surface area contributed by atoms with Gasteiger partial charge in [-0.3, -0.25) is 0 Å². The summed E-state index contributed by atoms with van der Waals surface area (Å²) in [4.78, 5) is 4.38. The summed E-state index contributed by atoms with van der Waals surface area (Å²) in [6.07, 6.45) is 2.27. The van der Waals surface area contributed by atoms with Crippen molar-refractivity contribution in [1.82, 2.24) is 9.80 Å². The fourth-order valence-electron chi connectivity index (χ4n) is 2.36. The fourth-order valence-corrected chi connectivity index (χ4v) is 2.36. The second-order valence-electron chi connectivity index (χ2n) is 5.04. The molecule has 2 atom stereocenters. The van der Waals surface area contributed by atoms with Crippen LogP contribution in [0.25, 0.3) is 0 Å². The first-order chi connectivity index (χ1) is 7.65. The Hall–Kier alpha value is -0.630. The fraction of sp³-hybridized carbons (Fsp3) is 0.917. The highest BCUT2D eigenvalue weighted by Gasteiger charge is 2.21. The lowest BCUT2D eigenvalue weighted by atomic mass is 9.98. The van der Waals surface area contributed by atoms with Crippen LogP contribution in [-0.4, -0.2) is 61.8 Å². The van der Waals surface area contributed by atoms with Gasteiger partial charge in [0.2, 0.25) is 0 Å². The average molecular weight is 225 g/mol. The molecule has 0 aliphatic carbocycles. The van der Waals surface area contributed by atoms with Crippen LogP contribution >= 0.6 is 0 Å². The largest absolute Gasteiger partial charge is 0.396 e. The molecule has 4 heteroatoms. The Morgan fingerprint density at radius 2 is 2.31 bits per heavy atom. The molecule has 1 saturated heterocycles. The predicted octanol–water partition coefficient (Wildman–Crippen LogP) is 0.392. The number of aliphatic hydroxyl groups is 1. The number of nitrogens with zero attached hydrogens (tertiary/aromatic N) is 3. The molecule has 0 aromatic heterocycles. The number of hydrogen-bond acceptors (Lipinski definition) is 4. The van der Waals surface area contributed by atoms with Crippen LogP contribution in [0.3, 0.4) is 0 Å². The van der Waals surface area contributed by atoms with Crippen molar-refractivity contribution in [3.63, 3.8) is 0 Å². The van der Waals surface area contributed by atoms with E-state index in [1.165, 1.54) is 0 Å². The van der Waals surface area contributed by atoms with Crippen LogP contribution in [0, 0.1) is 23.2 Å². The van der Waals surface area contributed by atoms with Gasteiger partial charge >= 0.3 is 0 Å². The zero-order valence-electron chi connectivity index (χ0n) is 10.4. The van der Waals surface area contributed by atoms with E-state index in [9.17, 15) is 0 Å². The summed E-state index contributed by atoms with van der Waals surface area (Å²) in [7, 11) is 3.99. The van der Waals surface area contributed by atoms with Gasteiger partial charge in [0.05, 0.1) is 12.0 Å². The standard InChI is InChI=1S/C12H23N3O/c1-14(2)7-12(6-13)9-15-5-3-4-11(8-15)10-16/h11-12,16H,3-5,7-10H2,1-2H3. The Balaban J connectivity index is 2.36. The lowest BCUT2D eigenvalue weighted by Crippen LogP contribution is -2.41. The maximum Gasteiger partial charge on any atom is 0.0717 e. The summed E-state index contributed by atoms with van der Waals surface area (Å²) < 4.78 is 0. The lowest BCUT2D eigenvalue weighted by Gasteiger charge is -2.33. The van der Waals surface area contributed by atoms with Gasteiger partial charge in [0.15, 0.2) is 0 Å². The van der Waals surface area contributed by atoms with Crippen molar-refractivity contribution in [2.24, 2.45) is 11.8 Å². The smallest absolute Gasteiger partial charge is 0.0717 e. The van der Waals surface area contributed by atoms with Crippen LogP contribution in [0.4, 0.5) is 0 Å². The quantitative estimate of drug-likeness (QED) is 0.735. The van der Waals surface area contributed by atoms with E-state index in [2.05, 4.69) is 15.9 Å². The molecule has 1 heterocycles. The molecule has 1 aliphatic heterocycles. The Labute approximate surface area is 98.5 Å². The first kappa shape index (κ1) is 13.4. The first-order valence-corrected chi connectivity index (χ1v) is 6.03. The molecule has 92 valence electrons. The summed E-state index contributed by atoms with van der Waals surface area (Å²) in [6, 6.07) is 2.37. The van der Waals surface area contributed by atoms with Gasteiger partial charge in [0.25, 0.3) is 0 Å². The summed E-state index contributed by atoms with van der Waals surface area (Å²) in [6.45, 7) is 3.95. The third-order valence-electron chi connectivity index (χ3n) is 3.11. The summed E-state index contributed by atoms with van der Waals surface area (Å²) in [5.74, 6) is 0.486. The molecule has 16 heavy (non-hydrogen) atoms. The van der Waals surface area contributed by atoms with Crippen molar-refractivity contribution in [3.8, 4) is 6.07 Å². The minimum absolute atomic E-state index is 0.0763. The van der Waals surface area contributed by atoms with Crippen LogP contribution < -0.4 is 0 Å². The van der Waals surface area contributed by atoms with Crippen LogP contribution in [0.5, 0.6) is 0 Å². The molecule has 0 bridgehead atoms. The number of nitriles is 1. The Morgan fingerprint density at radius 3 is 2.88 bits per heavy atom. The Bertz CT molecular complexity index is 237. The van der Waals surface area contributed by atoms with Gasteiger partial charge in [-0.2, -0.15) is 5.26 Å². The van der Waals surface area contributed by atoms with Gasteiger partial charge in [-0.05, 0) is 39.4 Å². The minimum Gasteiger partial charge on any atom is -0.396 e. The molecule has 0 radical (unpaired) electrons. The van der Waals surface area contributed by atoms with Crippen LogP contribution in [0.2, 0.25) is 0 Å². The minimum atomic E-state index is 0.0763. The van der Waals surface area contributed by atoms with E-state index < -0.39 is 0 Å². The summed E-state index contributed by atoms with van der Waals surface area (Å²) >= 11 is 0. The van der Waals surface area contributed by atoms with E-state index in [4.69, 9.17) is 10.4 Å². The molecule has 1 rings (SSSR count). The molecule has 1 aliphatic rings. The summed E-state index contributed by atoms with van der Waals surface area (Å²) in [5.41, 5.74) is 0. The SMILES string of the molecule is CN(C)CC(C#N)CN1CCCC(CO)C1. The van der Waals surface area contributed by atoms with E-state index in [0.717, 1.165) is 39.0 Å². The highest BCUT2D eigenvalue weighted by Crippen LogP contribution is 2.16. The maximum absolute atomic E-state index is 9.15. The molecule has 0 aromatic rings. The number of hydrogen-bond donors (Lipinski definition) is 1. The average Bonchev–Trinajstić information content (AvgIpc) is 2.28. The second kappa shape index (κ2) is 6.85. The highest BCUT2D eigenvalue weighted by molar-refractivity contribution is 4.88. The zero-order chi connectivity index (χ0) is 12.0. The van der Waals surface area contributed by atoms with Gasteiger partial charge in [0.1, 0.15) is 0 Å². The normalized spacial score (nSPS) is 24.3. The van der Waals surface area contributed by atoms with Crippen molar-refractivity contribution < 1.29 is 5.11 Å². The van der Waals surface area contributed by atoms with Crippen molar-refractivity contribution >= 4 is 0 Å². The molecule has 1 N–H and O–H groups in total. The third-order valence-corrected chi connectivity index (χ3v) is 3.11. The van der Waals surface area contributed by atoms with Crippen LogP contribution in [0.15, 0.2) is 0 Å². The zero-order valence-corrected chi connectivity index (χ0v) is 10.4. The second-order valence-corrected chi connectivity index (χ2v) is 5.04. The Morgan fingerprint density at radius 1 is 1.56 bits per heavy atom. The molecule has 2 unspecified atom stereocenters. The van der Waals surface area contributed by atoms with E-state index >= 15 is 0 Å². The monoisotopic (exact) mass is 225 g/mol. The van der Waals surface area contributed by atoms with Gasteiger partial charge in [-0.1, -0.05) is 0 Å². The Kier molecular flexibility index (Phi) is 5.75. The number of likely N-dealkylation sites (tertiary alicyclic amines) is 1. The van der Waals surface area contributed by atoms with Crippen molar-refractivity contribution in [2.45, 2.75) is 12.8 Å². The molecular formula is C12H23N3O. The van der Waals surface area contributed by atoms with Gasteiger partial charge in [-0.15, -0.1) is 0 Å². The lowest BCUT2D eigenvalue weighted by molar-refractivity contribution is 0.110. The first-order valence-electron chi connectivity index (χ1n) is 6.03. The molecule has 0 saturated carbocycles. The van der Waals surface area contributed by atoms with Gasteiger partial charge in [0, 0.05) is 26.2 Å². The van der Waals surface area contributed by atoms with Gasteiger partial charge < -0.3 is 14.9 Å². The predicted molar refractivity (Wildman–Crippen MR) is 63.9 cm³/mol. The van der Waals surface area contributed by atoms with E-state index in [0.29, 0.717) is 5.92 Å². The van der Waals surface area contributed by atoms with Crippen molar-refractivity contribution in [2.75, 3.05) is 46.9 Å². The van der Waals surface area contributed by atoms with Crippen molar-refractivity contribution in [1.29, 1.82) is 5.26 Å². The molecular weight excluding hydrogens is 202 g/mol. The van der Waals surface area contributed by atoms with Gasteiger partial charge in [-0.25, -0.2) is 0 Å². The number of rotatable bonds is 5. The molecule has 0 spiro atoms.